The summed E-state index contributed by atoms with van der Waals surface area (Å²) in [6.45, 7) is 7.24. The lowest BCUT2D eigenvalue weighted by atomic mass is 9.89. The molecule has 0 saturated carbocycles. The number of amides is 1. The van der Waals surface area contributed by atoms with Gasteiger partial charge < -0.3 is 10.2 Å². The number of hydrogen-bond acceptors (Lipinski definition) is 2. The number of carbonyl (C=O) groups is 1. The van der Waals surface area contributed by atoms with Gasteiger partial charge >= 0.3 is 0 Å². The fourth-order valence-corrected chi connectivity index (χ4v) is 2.99. The summed E-state index contributed by atoms with van der Waals surface area (Å²) >= 11 is 0. The van der Waals surface area contributed by atoms with E-state index in [1.807, 2.05) is 35.2 Å². The van der Waals surface area contributed by atoms with Crippen LogP contribution in [0.2, 0.25) is 0 Å². The predicted molar refractivity (Wildman–Crippen MR) is 82.8 cm³/mol. The van der Waals surface area contributed by atoms with Crippen molar-refractivity contribution < 1.29 is 4.79 Å². The van der Waals surface area contributed by atoms with Crippen LogP contribution in [-0.2, 0) is 0 Å². The molecule has 1 N–H and O–H groups in total. The SMILES string of the molecule is CCCNC1CCN(C(=O)c2ccccc2)CC1CC. The van der Waals surface area contributed by atoms with Crippen molar-refractivity contribution in [2.45, 2.75) is 39.2 Å². The van der Waals surface area contributed by atoms with Crippen LogP contribution in [0, 0.1) is 5.92 Å². The number of benzene rings is 1. The topological polar surface area (TPSA) is 32.3 Å². The van der Waals surface area contributed by atoms with Crippen molar-refractivity contribution >= 4 is 5.91 Å². The van der Waals surface area contributed by atoms with Gasteiger partial charge in [0, 0.05) is 24.7 Å². The third kappa shape index (κ3) is 3.60. The first-order valence-corrected chi connectivity index (χ1v) is 7.84. The molecule has 1 saturated heterocycles. The highest BCUT2D eigenvalue weighted by molar-refractivity contribution is 5.94. The minimum absolute atomic E-state index is 0.179. The number of carbonyl (C=O) groups excluding carboxylic acids is 1. The summed E-state index contributed by atoms with van der Waals surface area (Å²) in [5.41, 5.74) is 0.808. The van der Waals surface area contributed by atoms with Gasteiger partial charge in [0.25, 0.3) is 5.91 Å². The second-order valence-electron chi connectivity index (χ2n) is 5.63. The third-order valence-corrected chi connectivity index (χ3v) is 4.22. The largest absolute Gasteiger partial charge is 0.338 e. The Morgan fingerprint density at radius 3 is 2.70 bits per heavy atom. The molecule has 1 aliphatic rings. The van der Waals surface area contributed by atoms with Crippen LogP contribution in [0.5, 0.6) is 0 Å². The average Bonchev–Trinajstić information content (AvgIpc) is 2.52. The van der Waals surface area contributed by atoms with Crippen LogP contribution in [-0.4, -0.2) is 36.5 Å². The Hall–Kier alpha value is -1.35. The minimum atomic E-state index is 0.179. The molecule has 1 aromatic carbocycles. The van der Waals surface area contributed by atoms with Crippen LogP contribution in [0.1, 0.15) is 43.5 Å². The number of rotatable bonds is 5. The summed E-state index contributed by atoms with van der Waals surface area (Å²) in [4.78, 5) is 14.5. The van der Waals surface area contributed by atoms with Gasteiger partial charge in [-0.05, 0) is 37.4 Å². The first-order chi connectivity index (χ1) is 9.76. The molecule has 0 aliphatic carbocycles. The fourth-order valence-electron chi connectivity index (χ4n) is 2.99. The molecule has 110 valence electrons. The highest BCUT2D eigenvalue weighted by atomic mass is 16.2. The Labute approximate surface area is 122 Å². The van der Waals surface area contributed by atoms with Crippen molar-refractivity contribution in [3.05, 3.63) is 35.9 Å². The second-order valence-corrected chi connectivity index (χ2v) is 5.63. The molecular weight excluding hydrogens is 248 g/mol. The average molecular weight is 274 g/mol. The van der Waals surface area contributed by atoms with E-state index in [0.717, 1.165) is 38.0 Å². The smallest absolute Gasteiger partial charge is 0.253 e. The molecule has 1 aliphatic heterocycles. The molecule has 1 heterocycles. The molecule has 0 bridgehead atoms. The highest BCUT2D eigenvalue weighted by Gasteiger charge is 2.30. The maximum Gasteiger partial charge on any atom is 0.253 e. The number of hydrogen-bond donors (Lipinski definition) is 1. The van der Waals surface area contributed by atoms with Gasteiger partial charge in [-0.2, -0.15) is 0 Å². The normalized spacial score (nSPS) is 22.8. The fraction of sp³-hybridized carbons (Fsp3) is 0.588. The molecule has 1 aromatic rings. The quantitative estimate of drug-likeness (QED) is 0.895. The van der Waals surface area contributed by atoms with E-state index in [1.165, 1.54) is 6.42 Å². The predicted octanol–water partition coefficient (Wildman–Crippen LogP) is 2.93. The number of nitrogens with one attached hydrogen (secondary N) is 1. The lowest BCUT2D eigenvalue weighted by molar-refractivity contribution is 0.0627. The molecular formula is C17H26N2O. The molecule has 0 radical (unpaired) electrons. The van der Waals surface area contributed by atoms with E-state index in [1.54, 1.807) is 0 Å². The zero-order valence-electron chi connectivity index (χ0n) is 12.6. The molecule has 0 aromatic heterocycles. The van der Waals surface area contributed by atoms with E-state index >= 15 is 0 Å². The Bertz CT molecular complexity index is 418. The Morgan fingerprint density at radius 2 is 2.05 bits per heavy atom. The highest BCUT2D eigenvalue weighted by Crippen LogP contribution is 2.21. The second kappa shape index (κ2) is 7.44. The van der Waals surface area contributed by atoms with Crippen molar-refractivity contribution in [3.63, 3.8) is 0 Å². The van der Waals surface area contributed by atoms with Crippen LogP contribution in [0.3, 0.4) is 0 Å². The lowest BCUT2D eigenvalue weighted by Crippen LogP contribution is -2.51. The number of nitrogens with zero attached hydrogens (tertiary/aromatic N) is 1. The Morgan fingerprint density at radius 1 is 1.30 bits per heavy atom. The number of likely N-dealkylation sites (tertiary alicyclic amines) is 1. The van der Waals surface area contributed by atoms with Crippen LogP contribution in [0.15, 0.2) is 30.3 Å². The van der Waals surface area contributed by atoms with E-state index in [2.05, 4.69) is 19.2 Å². The van der Waals surface area contributed by atoms with Crippen LogP contribution in [0.4, 0.5) is 0 Å². The van der Waals surface area contributed by atoms with E-state index in [4.69, 9.17) is 0 Å². The molecule has 2 atom stereocenters. The molecule has 20 heavy (non-hydrogen) atoms. The van der Waals surface area contributed by atoms with Crippen molar-refractivity contribution in [1.82, 2.24) is 10.2 Å². The van der Waals surface area contributed by atoms with Gasteiger partial charge in [0.05, 0.1) is 0 Å². The monoisotopic (exact) mass is 274 g/mol. The standard InChI is InChI=1S/C17H26N2O/c1-3-11-18-16-10-12-19(13-14(16)4-2)17(20)15-8-6-5-7-9-15/h5-9,14,16,18H,3-4,10-13H2,1-2H3. The van der Waals surface area contributed by atoms with Crippen molar-refractivity contribution in [2.75, 3.05) is 19.6 Å². The maximum absolute atomic E-state index is 12.5. The summed E-state index contributed by atoms with van der Waals surface area (Å²) in [6.07, 6.45) is 3.36. The van der Waals surface area contributed by atoms with Crippen LogP contribution < -0.4 is 5.32 Å². The third-order valence-electron chi connectivity index (χ3n) is 4.22. The van der Waals surface area contributed by atoms with E-state index in [0.29, 0.717) is 12.0 Å². The van der Waals surface area contributed by atoms with E-state index in [-0.39, 0.29) is 5.91 Å². The van der Waals surface area contributed by atoms with Gasteiger partial charge in [-0.15, -0.1) is 0 Å². The Kier molecular flexibility index (Phi) is 5.60. The van der Waals surface area contributed by atoms with Crippen molar-refractivity contribution in [3.8, 4) is 0 Å². The molecule has 2 rings (SSSR count). The molecule has 3 heteroatoms. The molecule has 1 fully saturated rings. The molecule has 0 spiro atoms. The summed E-state index contributed by atoms with van der Waals surface area (Å²) < 4.78 is 0. The van der Waals surface area contributed by atoms with Crippen molar-refractivity contribution in [2.24, 2.45) is 5.92 Å². The van der Waals surface area contributed by atoms with Gasteiger partial charge in [-0.25, -0.2) is 0 Å². The van der Waals surface area contributed by atoms with E-state index in [9.17, 15) is 4.79 Å². The van der Waals surface area contributed by atoms with Gasteiger partial charge in [-0.3, -0.25) is 4.79 Å². The van der Waals surface area contributed by atoms with Crippen molar-refractivity contribution in [1.29, 1.82) is 0 Å². The van der Waals surface area contributed by atoms with Gasteiger partial charge in [0.15, 0.2) is 0 Å². The summed E-state index contributed by atoms with van der Waals surface area (Å²) in [7, 11) is 0. The Balaban J connectivity index is 1.97. The first kappa shape index (κ1) is 15.0. The van der Waals surface area contributed by atoms with E-state index < -0.39 is 0 Å². The molecule has 1 amide bonds. The minimum Gasteiger partial charge on any atom is -0.338 e. The zero-order chi connectivity index (χ0) is 14.4. The number of piperidine rings is 1. The molecule has 2 unspecified atom stereocenters. The van der Waals surface area contributed by atoms with Gasteiger partial charge in [-0.1, -0.05) is 38.5 Å². The lowest BCUT2D eigenvalue weighted by Gasteiger charge is -2.39. The maximum atomic E-state index is 12.5. The summed E-state index contributed by atoms with van der Waals surface area (Å²) in [5.74, 6) is 0.751. The summed E-state index contributed by atoms with van der Waals surface area (Å²) in [6, 6.07) is 10.2. The summed E-state index contributed by atoms with van der Waals surface area (Å²) in [5, 5.41) is 3.63. The molecule has 3 nitrogen and oxygen atoms in total. The zero-order valence-corrected chi connectivity index (χ0v) is 12.6. The van der Waals surface area contributed by atoms with Gasteiger partial charge in [0.2, 0.25) is 0 Å². The van der Waals surface area contributed by atoms with Crippen LogP contribution >= 0.6 is 0 Å². The van der Waals surface area contributed by atoms with Gasteiger partial charge in [0.1, 0.15) is 0 Å². The van der Waals surface area contributed by atoms with Crippen LogP contribution in [0.25, 0.3) is 0 Å². The first-order valence-electron chi connectivity index (χ1n) is 7.84.